The smallest absolute Gasteiger partial charge is 0.143 e. The summed E-state index contributed by atoms with van der Waals surface area (Å²) in [5.74, 6) is 0. The van der Waals surface area contributed by atoms with E-state index in [1.165, 1.54) is 43.9 Å². The molecule has 2 unspecified atom stereocenters. The van der Waals surface area contributed by atoms with Gasteiger partial charge in [0, 0.05) is 40.1 Å². The van der Waals surface area contributed by atoms with Crippen LogP contribution < -0.4 is 9.80 Å². The number of hydrogen-bond donors (Lipinski definition) is 0. The average Bonchev–Trinajstić information content (AvgIpc) is 3.42. The summed E-state index contributed by atoms with van der Waals surface area (Å²) in [5, 5.41) is 7.35. The van der Waals surface area contributed by atoms with Crippen molar-refractivity contribution < 1.29 is 4.39 Å². The fourth-order valence-electron chi connectivity index (χ4n) is 6.66. The second-order valence-corrected chi connectivity index (χ2v) is 10.5. The van der Waals surface area contributed by atoms with Crippen LogP contribution in [0.1, 0.15) is 5.56 Å². The fraction of sp³-hybridized carbons (Fsp3) is 0.111. The number of alkyl halides is 1. The molecule has 2 atom stereocenters. The highest BCUT2D eigenvalue weighted by Crippen LogP contribution is 2.46. The predicted octanol–water partition coefficient (Wildman–Crippen LogP) is 9.25. The Morgan fingerprint density at radius 2 is 1.33 bits per heavy atom. The maximum atomic E-state index is 15.4. The first-order valence-corrected chi connectivity index (χ1v) is 13.7. The molecule has 0 spiro atoms. The van der Waals surface area contributed by atoms with Gasteiger partial charge in [0.25, 0.3) is 0 Å². The molecule has 2 nitrogen and oxygen atoms in total. The van der Waals surface area contributed by atoms with Crippen LogP contribution in [0.2, 0.25) is 0 Å². The Hall–Kier alpha value is -4.63. The normalized spacial score (nSPS) is 18.4. The number of anilines is 4. The van der Waals surface area contributed by atoms with E-state index in [-0.39, 0.29) is 0 Å². The van der Waals surface area contributed by atoms with Gasteiger partial charge >= 0.3 is 0 Å². The largest absolute Gasteiger partial charge is 0.340 e. The Morgan fingerprint density at radius 3 is 2.18 bits per heavy atom. The molecule has 0 saturated carbocycles. The molecular weight excluding hydrogens is 479 g/mol. The Balaban J connectivity index is 1.38. The maximum absolute atomic E-state index is 15.4. The topological polar surface area (TPSA) is 6.48 Å². The van der Waals surface area contributed by atoms with Crippen molar-refractivity contribution in [2.75, 3.05) is 16.3 Å². The average molecular weight is 507 g/mol. The molecule has 6 aromatic carbocycles. The summed E-state index contributed by atoms with van der Waals surface area (Å²) in [4.78, 5) is 4.62. The van der Waals surface area contributed by atoms with Crippen molar-refractivity contribution in [2.45, 2.75) is 18.6 Å². The second kappa shape index (κ2) is 8.71. The van der Waals surface area contributed by atoms with E-state index in [2.05, 4.69) is 94.7 Å². The lowest BCUT2D eigenvalue weighted by molar-refractivity contribution is 0.366. The molecule has 0 aromatic heterocycles. The molecule has 0 N–H and O–H groups in total. The maximum Gasteiger partial charge on any atom is 0.143 e. The van der Waals surface area contributed by atoms with Gasteiger partial charge in [-0.2, -0.15) is 0 Å². The third kappa shape index (κ3) is 3.39. The number of fused-ring (bicyclic) bond motifs is 1. The highest BCUT2D eigenvalue weighted by molar-refractivity contribution is 6.27. The van der Waals surface area contributed by atoms with Crippen LogP contribution in [0.3, 0.4) is 0 Å². The van der Waals surface area contributed by atoms with E-state index in [0.29, 0.717) is 0 Å². The molecular formula is C36H27FN2. The zero-order valence-electron chi connectivity index (χ0n) is 21.5. The standard InChI is InChI=1S/C36H27FN2/c37-30-11-5-7-13-34(30)39(27-9-2-1-3-10-27)33-21-17-26-14-18-28-32(38-23-22-24-8-4-6-12-31(24)38)20-16-25-15-19-29(33)36(26)35(25)28/h1-21,30,34H,22-23H2. The van der Waals surface area contributed by atoms with Gasteiger partial charge in [-0.15, -0.1) is 0 Å². The zero-order chi connectivity index (χ0) is 25.9. The van der Waals surface area contributed by atoms with Crippen LogP contribution in [0.5, 0.6) is 0 Å². The Morgan fingerprint density at radius 1 is 0.641 bits per heavy atom. The number of para-hydroxylation sites is 2. The number of nitrogens with zero attached hydrogens (tertiary/aromatic N) is 2. The van der Waals surface area contributed by atoms with E-state index in [9.17, 15) is 0 Å². The summed E-state index contributed by atoms with van der Waals surface area (Å²) in [5.41, 5.74) is 5.95. The van der Waals surface area contributed by atoms with Gasteiger partial charge in [-0.25, -0.2) is 4.39 Å². The van der Waals surface area contributed by atoms with Gasteiger partial charge in [-0.1, -0.05) is 91.0 Å². The number of benzene rings is 6. The van der Waals surface area contributed by atoms with E-state index < -0.39 is 12.2 Å². The van der Waals surface area contributed by atoms with Crippen LogP contribution in [-0.2, 0) is 6.42 Å². The molecule has 39 heavy (non-hydrogen) atoms. The minimum atomic E-state index is -1.10. The van der Waals surface area contributed by atoms with Crippen molar-refractivity contribution in [1.82, 2.24) is 0 Å². The molecule has 0 fully saturated rings. The first-order chi connectivity index (χ1) is 19.3. The summed E-state index contributed by atoms with van der Waals surface area (Å²) < 4.78 is 15.4. The summed E-state index contributed by atoms with van der Waals surface area (Å²) in [6.45, 7) is 0.982. The third-order valence-electron chi connectivity index (χ3n) is 8.43. The molecule has 6 aromatic rings. The highest BCUT2D eigenvalue weighted by atomic mass is 19.1. The first-order valence-electron chi connectivity index (χ1n) is 13.7. The number of rotatable bonds is 4. The molecule has 0 saturated heterocycles. The van der Waals surface area contributed by atoms with Crippen LogP contribution in [0.4, 0.5) is 27.1 Å². The molecule has 8 rings (SSSR count). The molecule has 1 heterocycles. The van der Waals surface area contributed by atoms with Gasteiger partial charge in [-0.05, 0) is 69.9 Å². The van der Waals surface area contributed by atoms with Gasteiger partial charge < -0.3 is 9.80 Å². The molecule has 1 aliphatic carbocycles. The zero-order valence-corrected chi connectivity index (χ0v) is 21.5. The van der Waals surface area contributed by atoms with Gasteiger partial charge in [0.1, 0.15) is 6.17 Å². The second-order valence-electron chi connectivity index (χ2n) is 10.5. The molecule has 0 radical (unpaired) electrons. The predicted molar refractivity (Wildman–Crippen MR) is 163 cm³/mol. The van der Waals surface area contributed by atoms with Gasteiger partial charge in [-0.3, -0.25) is 0 Å². The summed E-state index contributed by atoms with van der Waals surface area (Å²) in [7, 11) is 0. The lowest BCUT2D eigenvalue weighted by Gasteiger charge is -2.35. The van der Waals surface area contributed by atoms with Crippen LogP contribution in [0, 0.1) is 0 Å². The number of allylic oxidation sites excluding steroid dienone is 2. The van der Waals surface area contributed by atoms with Gasteiger partial charge in [0.15, 0.2) is 0 Å². The first kappa shape index (κ1) is 22.4. The Bertz CT molecular complexity index is 1910. The number of hydrogen-bond acceptors (Lipinski definition) is 2. The Kier molecular flexibility index (Phi) is 4.99. The monoisotopic (exact) mass is 506 g/mol. The van der Waals surface area contributed by atoms with E-state index in [0.717, 1.165) is 29.7 Å². The van der Waals surface area contributed by atoms with Crippen molar-refractivity contribution in [3.05, 3.63) is 133 Å². The van der Waals surface area contributed by atoms with Crippen molar-refractivity contribution in [3.63, 3.8) is 0 Å². The molecule has 0 amide bonds. The van der Waals surface area contributed by atoms with Crippen molar-refractivity contribution in [1.29, 1.82) is 0 Å². The van der Waals surface area contributed by atoms with Crippen LogP contribution in [0.25, 0.3) is 32.3 Å². The SMILES string of the molecule is FC1C=CC=CC1N(c1ccccc1)c1ccc2ccc3c(N4CCc5ccccc54)ccc4ccc1c2c43. The quantitative estimate of drug-likeness (QED) is 0.220. The van der Waals surface area contributed by atoms with E-state index >= 15 is 4.39 Å². The molecule has 188 valence electrons. The Labute approximate surface area is 227 Å². The summed E-state index contributed by atoms with van der Waals surface area (Å²) >= 11 is 0. The van der Waals surface area contributed by atoms with Crippen LogP contribution in [-0.4, -0.2) is 18.8 Å². The summed E-state index contributed by atoms with van der Waals surface area (Å²) in [6.07, 6.45) is 7.33. The van der Waals surface area contributed by atoms with Gasteiger partial charge in [0.05, 0.1) is 6.04 Å². The van der Waals surface area contributed by atoms with Crippen molar-refractivity contribution in [2.24, 2.45) is 0 Å². The lowest BCUT2D eigenvalue weighted by atomic mass is 9.91. The van der Waals surface area contributed by atoms with E-state index in [1.807, 2.05) is 30.4 Å². The van der Waals surface area contributed by atoms with Crippen molar-refractivity contribution >= 4 is 55.1 Å². The molecule has 2 aliphatic rings. The summed E-state index contributed by atoms with van der Waals surface area (Å²) in [6, 6.07) is 36.3. The third-order valence-corrected chi connectivity index (χ3v) is 8.43. The van der Waals surface area contributed by atoms with Crippen molar-refractivity contribution in [3.8, 4) is 0 Å². The molecule has 0 bridgehead atoms. The fourth-order valence-corrected chi connectivity index (χ4v) is 6.66. The molecule has 3 heteroatoms. The lowest BCUT2D eigenvalue weighted by Crippen LogP contribution is -2.37. The minimum absolute atomic E-state index is 0.424. The minimum Gasteiger partial charge on any atom is -0.340 e. The number of halogens is 1. The van der Waals surface area contributed by atoms with Crippen LogP contribution >= 0.6 is 0 Å². The highest BCUT2D eigenvalue weighted by Gasteiger charge is 2.29. The van der Waals surface area contributed by atoms with Crippen LogP contribution in [0.15, 0.2) is 127 Å². The van der Waals surface area contributed by atoms with E-state index in [4.69, 9.17) is 0 Å². The van der Waals surface area contributed by atoms with Gasteiger partial charge in [0.2, 0.25) is 0 Å². The molecule has 1 aliphatic heterocycles. The van der Waals surface area contributed by atoms with E-state index in [1.54, 1.807) is 12.2 Å².